The number of carboxylic acid groups (broad SMARTS) is 1. The van der Waals surface area contributed by atoms with Crippen molar-refractivity contribution in [3.05, 3.63) is 29.3 Å². The molecule has 1 rings (SSSR count). The molecule has 1 aromatic carbocycles. The number of aromatic carboxylic acids is 1. The third-order valence-corrected chi connectivity index (χ3v) is 3.61. The third-order valence-electron chi connectivity index (χ3n) is 3.61. The summed E-state index contributed by atoms with van der Waals surface area (Å²) in [5.41, 5.74) is 1.19. The highest BCUT2D eigenvalue weighted by atomic mass is 16.5. The molecule has 1 atom stereocenters. The van der Waals surface area contributed by atoms with E-state index >= 15 is 0 Å². The number of carbonyl (C=O) groups is 1. The number of hydrogen-bond acceptors (Lipinski definition) is 3. The fraction of sp³-hybridized carbons (Fsp3) is 0.533. The van der Waals surface area contributed by atoms with Gasteiger partial charge >= 0.3 is 5.97 Å². The zero-order valence-electron chi connectivity index (χ0n) is 12.3. The van der Waals surface area contributed by atoms with Gasteiger partial charge in [-0.1, -0.05) is 13.8 Å². The molecule has 0 aliphatic heterocycles. The molecule has 19 heavy (non-hydrogen) atoms. The Balaban J connectivity index is 2.97. The second kappa shape index (κ2) is 6.57. The number of nitrogens with zero attached hydrogens (tertiary/aromatic N) is 1. The van der Waals surface area contributed by atoms with Gasteiger partial charge in [-0.05, 0) is 38.1 Å². The lowest BCUT2D eigenvalue weighted by Gasteiger charge is -2.28. The van der Waals surface area contributed by atoms with E-state index in [0.29, 0.717) is 24.1 Å². The van der Waals surface area contributed by atoms with Crippen molar-refractivity contribution in [1.82, 2.24) is 4.90 Å². The zero-order chi connectivity index (χ0) is 14.6. The number of hydrogen-bond donors (Lipinski definition) is 1. The molecular weight excluding hydrogens is 242 g/mol. The predicted octanol–water partition coefficient (Wildman–Crippen LogP) is 2.87. The Morgan fingerprint density at radius 3 is 2.47 bits per heavy atom. The van der Waals surface area contributed by atoms with Gasteiger partial charge in [0.05, 0.1) is 12.7 Å². The maximum Gasteiger partial charge on any atom is 0.335 e. The van der Waals surface area contributed by atoms with E-state index in [4.69, 9.17) is 9.84 Å². The van der Waals surface area contributed by atoms with Gasteiger partial charge in [-0.2, -0.15) is 0 Å². The van der Waals surface area contributed by atoms with Gasteiger partial charge in [0.15, 0.2) is 0 Å². The van der Waals surface area contributed by atoms with Crippen molar-refractivity contribution in [2.75, 3.05) is 14.2 Å². The molecule has 0 radical (unpaired) electrons. The van der Waals surface area contributed by atoms with Crippen LogP contribution in [-0.2, 0) is 6.54 Å². The highest BCUT2D eigenvalue weighted by molar-refractivity contribution is 5.88. The number of rotatable bonds is 6. The van der Waals surface area contributed by atoms with Gasteiger partial charge in [0.25, 0.3) is 0 Å². The summed E-state index contributed by atoms with van der Waals surface area (Å²) in [5, 5.41) is 9.05. The van der Waals surface area contributed by atoms with Crippen LogP contribution in [0.1, 0.15) is 36.7 Å². The van der Waals surface area contributed by atoms with Crippen LogP contribution in [0.4, 0.5) is 0 Å². The maximum absolute atomic E-state index is 11.0. The maximum atomic E-state index is 11.0. The highest BCUT2D eigenvalue weighted by Gasteiger charge is 2.16. The lowest BCUT2D eigenvalue weighted by Crippen LogP contribution is -2.32. The van der Waals surface area contributed by atoms with Gasteiger partial charge in [0, 0.05) is 18.2 Å². The Kier molecular flexibility index (Phi) is 5.36. The summed E-state index contributed by atoms with van der Waals surface area (Å²) in [5.74, 6) is 0.356. The number of carboxylic acids is 1. The highest BCUT2D eigenvalue weighted by Crippen LogP contribution is 2.23. The van der Waals surface area contributed by atoms with Crippen LogP contribution in [0, 0.1) is 5.92 Å². The fourth-order valence-corrected chi connectivity index (χ4v) is 1.96. The Morgan fingerprint density at radius 2 is 2.00 bits per heavy atom. The van der Waals surface area contributed by atoms with Gasteiger partial charge in [-0.15, -0.1) is 0 Å². The molecule has 0 amide bonds. The molecule has 1 N–H and O–H groups in total. The summed E-state index contributed by atoms with van der Waals surface area (Å²) in [6, 6.07) is 5.38. The normalized spacial score (nSPS) is 12.8. The van der Waals surface area contributed by atoms with Crippen molar-refractivity contribution in [3.63, 3.8) is 0 Å². The molecule has 0 aromatic heterocycles. The first-order valence-electron chi connectivity index (χ1n) is 6.47. The van der Waals surface area contributed by atoms with Crippen LogP contribution in [0.2, 0.25) is 0 Å². The van der Waals surface area contributed by atoms with E-state index in [2.05, 4.69) is 25.7 Å². The molecule has 0 spiro atoms. The molecule has 0 heterocycles. The molecule has 4 nitrogen and oxygen atoms in total. The van der Waals surface area contributed by atoms with E-state index < -0.39 is 5.97 Å². The van der Waals surface area contributed by atoms with Gasteiger partial charge in [-0.25, -0.2) is 4.79 Å². The zero-order valence-corrected chi connectivity index (χ0v) is 12.3. The standard InChI is InChI=1S/C15H23NO3/c1-10(2)11(3)16(4)9-13-8-12(15(17)18)6-7-14(13)19-5/h6-8,10-11H,9H2,1-5H3,(H,17,18). The van der Waals surface area contributed by atoms with Crippen molar-refractivity contribution in [1.29, 1.82) is 0 Å². The van der Waals surface area contributed by atoms with Crippen LogP contribution < -0.4 is 4.74 Å². The van der Waals surface area contributed by atoms with Crippen LogP contribution in [0.3, 0.4) is 0 Å². The number of ether oxygens (including phenoxy) is 1. The molecule has 0 aliphatic carbocycles. The predicted molar refractivity (Wildman–Crippen MR) is 75.7 cm³/mol. The topological polar surface area (TPSA) is 49.8 Å². The smallest absolute Gasteiger partial charge is 0.335 e. The van der Waals surface area contributed by atoms with Gasteiger partial charge in [-0.3, -0.25) is 4.90 Å². The first kappa shape index (κ1) is 15.5. The van der Waals surface area contributed by atoms with E-state index in [9.17, 15) is 4.79 Å². The average Bonchev–Trinajstić information content (AvgIpc) is 2.37. The Bertz CT molecular complexity index is 443. The van der Waals surface area contributed by atoms with Gasteiger partial charge in [0.1, 0.15) is 5.75 Å². The van der Waals surface area contributed by atoms with Crippen LogP contribution in [0.15, 0.2) is 18.2 Å². The summed E-state index contributed by atoms with van der Waals surface area (Å²) in [6.07, 6.45) is 0. The first-order valence-corrected chi connectivity index (χ1v) is 6.47. The SMILES string of the molecule is COc1ccc(C(=O)O)cc1CN(C)C(C)C(C)C. The molecule has 106 valence electrons. The first-order chi connectivity index (χ1) is 8.86. The van der Waals surface area contributed by atoms with Crippen LogP contribution in [-0.4, -0.2) is 36.2 Å². The molecule has 0 saturated carbocycles. The van der Waals surface area contributed by atoms with E-state index in [1.54, 1.807) is 25.3 Å². The minimum atomic E-state index is -0.913. The summed E-state index contributed by atoms with van der Waals surface area (Å²) in [7, 11) is 3.64. The molecule has 1 unspecified atom stereocenters. The molecule has 0 aliphatic rings. The van der Waals surface area contributed by atoms with Crippen molar-refractivity contribution < 1.29 is 14.6 Å². The number of methoxy groups -OCH3 is 1. The summed E-state index contributed by atoms with van der Waals surface area (Å²) in [4.78, 5) is 13.2. The lowest BCUT2D eigenvalue weighted by atomic mass is 10.0. The molecule has 0 fully saturated rings. The van der Waals surface area contributed by atoms with Gasteiger partial charge in [0.2, 0.25) is 0 Å². The van der Waals surface area contributed by atoms with Crippen LogP contribution in [0.5, 0.6) is 5.75 Å². The summed E-state index contributed by atoms with van der Waals surface area (Å²) >= 11 is 0. The van der Waals surface area contributed by atoms with Crippen molar-refractivity contribution in [3.8, 4) is 5.75 Å². The Labute approximate surface area is 115 Å². The van der Waals surface area contributed by atoms with E-state index in [1.807, 2.05) is 7.05 Å². The van der Waals surface area contributed by atoms with E-state index in [0.717, 1.165) is 11.3 Å². The lowest BCUT2D eigenvalue weighted by molar-refractivity contribution is 0.0696. The van der Waals surface area contributed by atoms with Crippen molar-refractivity contribution >= 4 is 5.97 Å². The molecule has 4 heteroatoms. The average molecular weight is 265 g/mol. The van der Waals surface area contributed by atoms with Gasteiger partial charge < -0.3 is 9.84 Å². The quantitative estimate of drug-likeness (QED) is 0.859. The summed E-state index contributed by atoms with van der Waals surface area (Å²) in [6.45, 7) is 7.18. The molecule has 0 bridgehead atoms. The van der Waals surface area contributed by atoms with E-state index in [-0.39, 0.29) is 0 Å². The Morgan fingerprint density at radius 1 is 1.37 bits per heavy atom. The van der Waals surface area contributed by atoms with Crippen molar-refractivity contribution in [2.24, 2.45) is 5.92 Å². The second-order valence-electron chi connectivity index (χ2n) is 5.23. The van der Waals surface area contributed by atoms with Crippen LogP contribution in [0.25, 0.3) is 0 Å². The molecule has 1 aromatic rings. The minimum absolute atomic E-state index is 0.293. The summed E-state index contributed by atoms with van der Waals surface area (Å²) < 4.78 is 5.30. The third kappa shape index (κ3) is 3.96. The molecular formula is C15H23NO3. The van der Waals surface area contributed by atoms with Crippen molar-refractivity contribution in [2.45, 2.75) is 33.4 Å². The fourth-order valence-electron chi connectivity index (χ4n) is 1.96. The minimum Gasteiger partial charge on any atom is -0.496 e. The van der Waals surface area contributed by atoms with E-state index in [1.165, 1.54) is 0 Å². The number of benzene rings is 1. The largest absolute Gasteiger partial charge is 0.496 e. The second-order valence-corrected chi connectivity index (χ2v) is 5.23. The molecule has 0 saturated heterocycles. The van der Waals surface area contributed by atoms with Crippen LogP contribution >= 0.6 is 0 Å². The Hall–Kier alpha value is -1.55. The monoisotopic (exact) mass is 265 g/mol.